The third-order valence-electron chi connectivity index (χ3n) is 6.99. The molecule has 4 aromatic rings. The molecule has 2 heterocycles. The van der Waals surface area contributed by atoms with Gasteiger partial charge in [-0.3, -0.25) is 4.79 Å². The van der Waals surface area contributed by atoms with E-state index in [-0.39, 0.29) is 17.9 Å². The summed E-state index contributed by atoms with van der Waals surface area (Å²) in [5.41, 5.74) is 3.25. The summed E-state index contributed by atoms with van der Waals surface area (Å²) < 4.78 is 5.67. The lowest BCUT2D eigenvalue weighted by Crippen LogP contribution is -2.41. The number of phenolic OH excluding ortho intramolecular Hbond substituents is 1. The molecule has 174 valence electrons. The summed E-state index contributed by atoms with van der Waals surface area (Å²) in [5.74, 6) is -0.0233. The lowest BCUT2D eigenvalue weighted by Gasteiger charge is -2.27. The molecule has 0 spiro atoms. The van der Waals surface area contributed by atoms with Gasteiger partial charge in [-0.15, -0.1) is 0 Å². The van der Waals surface area contributed by atoms with E-state index in [0.29, 0.717) is 23.6 Å². The summed E-state index contributed by atoms with van der Waals surface area (Å²) in [4.78, 5) is 15.6. The van der Waals surface area contributed by atoms with Gasteiger partial charge in [-0.05, 0) is 47.2 Å². The third-order valence-corrected chi connectivity index (χ3v) is 6.99. The molecule has 0 radical (unpaired) electrons. The molecule has 0 saturated heterocycles. The Balaban J connectivity index is 1.45. The molecule has 0 aliphatic carbocycles. The zero-order valence-corrected chi connectivity index (χ0v) is 19.1. The number of aliphatic hydroxyl groups is 1. The average molecular weight is 464 g/mol. The van der Waals surface area contributed by atoms with Gasteiger partial charge in [0.25, 0.3) is 5.91 Å². The second kappa shape index (κ2) is 8.29. The van der Waals surface area contributed by atoms with Gasteiger partial charge in [0.15, 0.2) is 5.60 Å². The number of nitrogens with zero attached hydrogens (tertiary/aromatic N) is 1. The second-order valence-electron chi connectivity index (χ2n) is 9.07. The first-order valence-electron chi connectivity index (χ1n) is 11.8. The van der Waals surface area contributed by atoms with Crippen LogP contribution in [0, 0.1) is 0 Å². The lowest BCUT2D eigenvalue weighted by molar-refractivity contribution is -0.132. The minimum Gasteiger partial charge on any atom is -0.507 e. The van der Waals surface area contributed by atoms with Crippen LogP contribution in [0.25, 0.3) is 11.1 Å². The zero-order chi connectivity index (χ0) is 24.0. The zero-order valence-electron chi connectivity index (χ0n) is 19.1. The van der Waals surface area contributed by atoms with Gasteiger partial charge in [0.2, 0.25) is 0 Å². The minimum atomic E-state index is -1.99. The Labute approximate surface area is 203 Å². The molecule has 2 aliphatic heterocycles. The van der Waals surface area contributed by atoms with Crippen molar-refractivity contribution in [2.45, 2.75) is 25.0 Å². The Bertz CT molecular complexity index is 1430. The number of carbonyl (C=O) groups excluding carboxylic acids is 1. The Morgan fingerprint density at radius 2 is 1.63 bits per heavy atom. The summed E-state index contributed by atoms with van der Waals surface area (Å²) in [6.45, 7) is 0.879. The van der Waals surface area contributed by atoms with Crippen LogP contribution in [-0.4, -0.2) is 22.7 Å². The standard InChI is InChI=1S/C30H25NO4/c32-27-18-28-21(12-8-16-35-28)17-25(27)30(34)24-14-6-7-15-26(24)31(29(30)33)19-22-11-4-5-13-23(22)20-9-2-1-3-10-20/h1-7,9-11,13-15,17-18,32,34H,8,12,16,19H2. The number of ether oxygens (including phenoxy) is 1. The van der Waals surface area contributed by atoms with Crippen molar-refractivity contribution in [3.8, 4) is 22.6 Å². The van der Waals surface area contributed by atoms with Crippen molar-refractivity contribution in [3.63, 3.8) is 0 Å². The Morgan fingerprint density at radius 3 is 2.49 bits per heavy atom. The van der Waals surface area contributed by atoms with Gasteiger partial charge in [-0.2, -0.15) is 0 Å². The topological polar surface area (TPSA) is 70.0 Å². The van der Waals surface area contributed by atoms with Crippen LogP contribution >= 0.6 is 0 Å². The molecule has 0 fully saturated rings. The van der Waals surface area contributed by atoms with Gasteiger partial charge in [0, 0.05) is 17.2 Å². The van der Waals surface area contributed by atoms with Crippen LogP contribution in [0.5, 0.6) is 11.5 Å². The molecule has 0 aromatic heterocycles. The minimum absolute atomic E-state index is 0.150. The van der Waals surface area contributed by atoms with E-state index in [2.05, 4.69) is 0 Å². The Kier molecular flexibility index (Phi) is 5.08. The maximum absolute atomic E-state index is 14.0. The maximum Gasteiger partial charge on any atom is 0.268 e. The molecular formula is C30H25NO4. The number of benzene rings is 4. The first kappa shape index (κ1) is 21.4. The predicted molar refractivity (Wildman–Crippen MR) is 134 cm³/mol. The van der Waals surface area contributed by atoms with Crippen LogP contribution in [0.4, 0.5) is 5.69 Å². The van der Waals surface area contributed by atoms with Crippen molar-refractivity contribution in [3.05, 3.63) is 113 Å². The molecule has 2 N–H and O–H groups in total. The van der Waals surface area contributed by atoms with E-state index in [9.17, 15) is 15.0 Å². The number of rotatable bonds is 4. The van der Waals surface area contributed by atoms with Gasteiger partial charge in [-0.25, -0.2) is 0 Å². The van der Waals surface area contributed by atoms with Gasteiger partial charge < -0.3 is 19.8 Å². The van der Waals surface area contributed by atoms with E-state index < -0.39 is 11.5 Å². The van der Waals surface area contributed by atoms with Crippen molar-refractivity contribution in [1.82, 2.24) is 0 Å². The first-order valence-corrected chi connectivity index (χ1v) is 11.8. The van der Waals surface area contributed by atoms with E-state index in [4.69, 9.17) is 4.74 Å². The highest BCUT2D eigenvalue weighted by atomic mass is 16.5. The number of amides is 1. The van der Waals surface area contributed by atoms with E-state index in [1.807, 2.05) is 66.7 Å². The second-order valence-corrected chi connectivity index (χ2v) is 9.07. The molecular weight excluding hydrogens is 438 g/mol. The van der Waals surface area contributed by atoms with Crippen molar-refractivity contribution in [2.24, 2.45) is 0 Å². The molecule has 6 rings (SSSR count). The van der Waals surface area contributed by atoms with Crippen molar-refractivity contribution < 1.29 is 19.7 Å². The number of para-hydroxylation sites is 1. The fraction of sp³-hybridized carbons (Fsp3) is 0.167. The summed E-state index contributed by atoms with van der Waals surface area (Å²) >= 11 is 0. The molecule has 0 saturated carbocycles. The smallest absolute Gasteiger partial charge is 0.268 e. The molecule has 5 nitrogen and oxygen atoms in total. The fourth-order valence-corrected chi connectivity index (χ4v) is 5.26. The first-order chi connectivity index (χ1) is 17.1. The number of hydrogen-bond donors (Lipinski definition) is 2. The van der Waals surface area contributed by atoms with E-state index in [0.717, 1.165) is 35.1 Å². The van der Waals surface area contributed by atoms with Gasteiger partial charge in [0.05, 0.1) is 18.8 Å². The van der Waals surface area contributed by atoms with Crippen LogP contribution in [0.2, 0.25) is 0 Å². The quantitative estimate of drug-likeness (QED) is 0.438. The molecule has 5 heteroatoms. The Morgan fingerprint density at radius 1 is 0.886 bits per heavy atom. The number of phenols is 1. The highest BCUT2D eigenvalue weighted by Crippen LogP contribution is 2.49. The average Bonchev–Trinajstić information content (AvgIpc) is 3.11. The van der Waals surface area contributed by atoms with Crippen LogP contribution in [-0.2, 0) is 23.4 Å². The molecule has 0 bridgehead atoms. The van der Waals surface area contributed by atoms with Gasteiger partial charge >= 0.3 is 0 Å². The number of hydrogen-bond acceptors (Lipinski definition) is 4. The molecule has 1 amide bonds. The van der Waals surface area contributed by atoms with Crippen molar-refractivity contribution in [2.75, 3.05) is 11.5 Å². The highest BCUT2D eigenvalue weighted by molar-refractivity contribution is 6.09. The Hall–Kier alpha value is -4.09. The summed E-state index contributed by atoms with van der Waals surface area (Å²) in [6, 6.07) is 28.5. The van der Waals surface area contributed by atoms with Crippen LogP contribution in [0.15, 0.2) is 91.0 Å². The summed E-state index contributed by atoms with van der Waals surface area (Å²) in [6.07, 6.45) is 1.62. The van der Waals surface area contributed by atoms with Crippen LogP contribution < -0.4 is 9.64 Å². The lowest BCUT2D eigenvalue weighted by atomic mass is 9.85. The van der Waals surface area contributed by atoms with Gasteiger partial charge in [0.1, 0.15) is 11.5 Å². The monoisotopic (exact) mass is 463 g/mol. The number of anilines is 1. The normalized spacial score (nSPS) is 18.7. The largest absolute Gasteiger partial charge is 0.507 e. The molecule has 35 heavy (non-hydrogen) atoms. The molecule has 1 unspecified atom stereocenters. The fourth-order valence-electron chi connectivity index (χ4n) is 5.26. The summed E-state index contributed by atoms with van der Waals surface area (Å²) in [5, 5.41) is 22.9. The SMILES string of the molecule is O=C1N(Cc2ccccc2-c2ccccc2)c2ccccc2C1(O)c1cc2c(cc1O)OCCC2. The predicted octanol–water partition coefficient (Wildman–Crippen LogP) is 5.17. The summed E-state index contributed by atoms with van der Waals surface area (Å²) in [7, 11) is 0. The van der Waals surface area contributed by atoms with Crippen molar-refractivity contribution in [1.29, 1.82) is 0 Å². The maximum atomic E-state index is 14.0. The number of fused-ring (bicyclic) bond motifs is 2. The third kappa shape index (κ3) is 3.39. The van der Waals surface area contributed by atoms with E-state index in [1.165, 1.54) is 6.07 Å². The van der Waals surface area contributed by atoms with Crippen LogP contribution in [0.1, 0.15) is 28.7 Å². The molecule has 4 aromatic carbocycles. The number of aryl methyl sites for hydroxylation is 1. The molecule has 2 aliphatic rings. The number of carbonyl (C=O) groups is 1. The van der Waals surface area contributed by atoms with E-state index in [1.54, 1.807) is 23.1 Å². The molecule has 1 atom stereocenters. The van der Waals surface area contributed by atoms with Crippen molar-refractivity contribution >= 4 is 11.6 Å². The number of aromatic hydroxyl groups is 1. The van der Waals surface area contributed by atoms with Crippen LogP contribution in [0.3, 0.4) is 0 Å². The highest BCUT2D eigenvalue weighted by Gasteiger charge is 2.52. The van der Waals surface area contributed by atoms with E-state index >= 15 is 0 Å². The van der Waals surface area contributed by atoms with Gasteiger partial charge in [-0.1, -0.05) is 72.8 Å².